The van der Waals surface area contributed by atoms with Crippen LogP contribution in [0.2, 0.25) is 0 Å². The van der Waals surface area contributed by atoms with Gasteiger partial charge in [0.15, 0.2) is 0 Å². The first-order chi connectivity index (χ1) is 6.19. The summed E-state index contributed by atoms with van der Waals surface area (Å²) in [5.74, 6) is 0.252. The van der Waals surface area contributed by atoms with E-state index >= 15 is 0 Å². The molecule has 0 unspecified atom stereocenters. The molecule has 1 rings (SSSR count). The third-order valence-corrected chi connectivity index (χ3v) is 1.80. The molecule has 1 atom stereocenters. The molecule has 0 aliphatic heterocycles. The summed E-state index contributed by atoms with van der Waals surface area (Å²) in [6.07, 6.45) is 1.54. The summed E-state index contributed by atoms with van der Waals surface area (Å²) in [6, 6.07) is 3.84. The third kappa shape index (κ3) is 2.06. The maximum Gasteiger partial charge on any atom is 0.124 e. The van der Waals surface area contributed by atoms with Gasteiger partial charge in [0.05, 0.1) is 13.2 Å². The molecule has 0 bridgehead atoms. The zero-order chi connectivity index (χ0) is 9.84. The predicted octanol–water partition coefficient (Wildman–Crippen LogP) is 2.02. The molecule has 0 fully saturated rings. The smallest absolute Gasteiger partial charge is 0.124 e. The Labute approximate surface area is 76.8 Å². The van der Waals surface area contributed by atoms with Gasteiger partial charge in [-0.2, -0.15) is 0 Å². The molecular formula is C10H12FNO. The van der Waals surface area contributed by atoms with E-state index in [4.69, 9.17) is 10.5 Å². The van der Waals surface area contributed by atoms with Gasteiger partial charge in [0, 0.05) is 5.56 Å². The van der Waals surface area contributed by atoms with Gasteiger partial charge in [-0.15, -0.1) is 6.58 Å². The molecule has 2 nitrogen and oxygen atoms in total. The highest BCUT2D eigenvalue weighted by Gasteiger charge is 2.09. The van der Waals surface area contributed by atoms with Crippen molar-refractivity contribution in [3.8, 4) is 5.75 Å². The van der Waals surface area contributed by atoms with Crippen LogP contribution in [-0.2, 0) is 0 Å². The minimum Gasteiger partial charge on any atom is -0.496 e. The van der Waals surface area contributed by atoms with Crippen LogP contribution in [0.15, 0.2) is 30.9 Å². The maximum absolute atomic E-state index is 12.8. The normalized spacial score (nSPS) is 12.2. The summed E-state index contributed by atoms with van der Waals surface area (Å²) in [7, 11) is 1.52. The van der Waals surface area contributed by atoms with E-state index in [-0.39, 0.29) is 5.82 Å². The molecule has 0 aliphatic rings. The molecule has 13 heavy (non-hydrogen) atoms. The maximum atomic E-state index is 12.8. The molecule has 1 aromatic carbocycles. The second-order valence-corrected chi connectivity index (χ2v) is 2.65. The average molecular weight is 181 g/mol. The Kier molecular flexibility index (Phi) is 3.03. The first kappa shape index (κ1) is 9.74. The Morgan fingerprint density at radius 2 is 2.31 bits per heavy atom. The molecule has 0 amide bonds. The molecule has 0 heterocycles. The number of hydrogen-bond acceptors (Lipinski definition) is 2. The van der Waals surface area contributed by atoms with Gasteiger partial charge < -0.3 is 10.5 Å². The van der Waals surface area contributed by atoms with E-state index in [1.54, 1.807) is 6.07 Å². The molecule has 0 spiro atoms. The van der Waals surface area contributed by atoms with Crippen molar-refractivity contribution >= 4 is 0 Å². The molecular weight excluding hydrogens is 169 g/mol. The Morgan fingerprint density at radius 3 is 2.85 bits per heavy atom. The largest absolute Gasteiger partial charge is 0.496 e. The van der Waals surface area contributed by atoms with Crippen LogP contribution < -0.4 is 10.5 Å². The predicted molar refractivity (Wildman–Crippen MR) is 50.1 cm³/mol. The van der Waals surface area contributed by atoms with Crippen molar-refractivity contribution in [3.05, 3.63) is 42.2 Å². The molecule has 3 heteroatoms. The lowest BCUT2D eigenvalue weighted by Gasteiger charge is -2.11. The van der Waals surface area contributed by atoms with Gasteiger partial charge >= 0.3 is 0 Å². The molecule has 0 saturated heterocycles. The zero-order valence-electron chi connectivity index (χ0n) is 7.46. The highest BCUT2D eigenvalue weighted by molar-refractivity contribution is 5.37. The fourth-order valence-electron chi connectivity index (χ4n) is 1.09. The lowest BCUT2D eigenvalue weighted by molar-refractivity contribution is 0.407. The molecule has 0 saturated carbocycles. The minimum atomic E-state index is -0.398. The Balaban J connectivity index is 3.14. The third-order valence-electron chi connectivity index (χ3n) is 1.80. The Morgan fingerprint density at radius 1 is 1.62 bits per heavy atom. The van der Waals surface area contributed by atoms with Crippen molar-refractivity contribution in [1.29, 1.82) is 0 Å². The number of halogens is 1. The molecule has 1 aromatic rings. The van der Waals surface area contributed by atoms with Crippen molar-refractivity contribution in [3.63, 3.8) is 0 Å². The van der Waals surface area contributed by atoms with Gasteiger partial charge in [0.25, 0.3) is 0 Å². The van der Waals surface area contributed by atoms with Crippen molar-refractivity contribution in [1.82, 2.24) is 0 Å². The lowest BCUT2D eigenvalue weighted by atomic mass is 10.1. The topological polar surface area (TPSA) is 35.2 Å². The SMILES string of the molecule is C=C[C@@H](N)c1cc(F)ccc1OC. The molecule has 0 radical (unpaired) electrons. The molecule has 0 aliphatic carbocycles. The number of hydrogen-bond donors (Lipinski definition) is 1. The fraction of sp³-hybridized carbons (Fsp3) is 0.200. The average Bonchev–Trinajstić information content (AvgIpc) is 2.16. The Hall–Kier alpha value is -1.35. The molecule has 2 N–H and O–H groups in total. The highest BCUT2D eigenvalue weighted by Crippen LogP contribution is 2.24. The first-order valence-electron chi connectivity index (χ1n) is 3.90. The number of rotatable bonds is 3. The van der Waals surface area contributed by atoms with E-state index in [1.807, 2.05) is 0 Å². The van der Waals surface area contributed by atoms with E-state index < -0.39 is 6.04 Å². The fourth-order valence-corrected chi connectivity index (χ4v) is 1.09. The number of benzene rings is 1. The van der Waals surface area contributed by atoms with Crippen LogP contribution in [0, 0.1) is 5.82 Å². The van der Waals surface area contributed by atoms with E-state index in [9.17, 15) is 4.39 Å². The van der Waals surface area contributed by atoms with Crippen LogP contribution in [-0.4, -0.2) is 7.11 Å². The van der Waals surface area contributed by atoms with Crippen molar-refractivity contribution in [2.75, 3.05) is 7.11 Å². The number of ether oxygens (including phenoxy) is 1. The van der Waals surface area contributed by atoms with Crippen molar-refractivity contribution < 1.29 is 9.13 Å². The van der Waals surface area contributed by atoms with Gasteiger partial charge in [-0.25, -0.2) is 4.39 Å². The zero-order valence-corrected chi connectivity index (χ0v) is 7.46. The van der Waals surface area contributed by atoms with Crippen LogP contribution in [0.5, 0.6) is 5.75 Å². The van der Waals surface area contributed by atoms with E-state index in [1.165, 1.54) is 25.3 Å². The summed E-state index contributed by atoms with van der Waals surface area (Å²) in [4.78, 5) is 0. The summed E-state index contributed by atoms with van der Waals surface area (Å²) >= 11 is 0. The summed E-state index contributed by atoms with van der Waals surface area (Å²) in [5.41, 5.74) is 6.28. The summed E-state index contributed by atoms with van der Waals surface area (Å²) in [5, 5.41) is 0. The van der Waals surface area contributed by atoms with E-state index in [0.717, 1.165) is 0 Å². The standard InChI is InChI=1S/C10H12FNO/c1-3-9(12)8-6-7(11)4-5-10(8)13-2/h3-6,9H,1,12H2,2H3/t9-/m1/s1. The van der Waals surface area contributed by atoms with Crippen molar-refractivity contribution in [2.45, 2.75) is 6.04 Å². The van der Waals surface area contributed by atoms with Gasteiger partial charge in [0.1, 0.15) is 11.6 Å². The van der Waals surface area contributed by atoms with Gasteiger partial charge in [-0.1, -0.05) is 6.08 Å². The van der Waals surface area contributed by atoms with Gasteiger partial charge in [-0.3, -0.25) is 0 Å². The molecule has 0 aromatic heterocycles. The van der Waals surface area contributed by atoms with Gasteiger partial charge in [0.2, 0.25) is 0 Å². The van der Waals surface area contributed by atoms with Crippen LogP contribution in [0.4, 0.5) is 4.39 Å². The monoisotopic (exact) mass is 181 g/mol. The van der Waals surface area contributed by atoms with Crippen LogP contribution in [0.25, 0.3) is 0 Å². The van der Waals surface area contributed by atoms with Crippen LogP contribution >= 0.6 is 0 Å². The summed E-state index contributed by atoms with van der Waals surface area (Å²) < 4.78 is 17.9. The number of nitrogens with two attached hydrogens (primary N) is 1. The highest BCUT2D eigenvalue weighted by atomic mass is 19.1. The van der Waals surface area contributed by atoms with Crippen molar-refractivity contribution in [2.24, 2.45) is 5.73 Å². The molecule has 70 valence electrons. The van der Waals surface area contributed by atoms with E-state index in [2.05, 4.69) is 6.58 Å². The van der Waals surface area contributed by atoms with Crippen LogP contribution in [0.1, 0.15) is 11.6 Å². The van der Waals surface area contributed by atoms with Crippen LogP contribution in [0.3, 0.4) is 0 Å². The van der Waals surface area contributed by atoms with Gasteiger partial charge in [-0.05, 0) is 18.2 Å². The minimum absolute atomic E-state index is 0.326. The second-order valence-electron chi connectivity index (χ2n) is 2.65. The second kappa shape index (κ2) is 4.05. The summed E-state index contributed by atoms with van der Waals surface area (Å²) in [6.45, 7) is 3.54. The first-order valence-corrected chi connectivity index (χ1v) is 3.90. The number of methoxy groups -OCH3 is 1. The lowest BCUT2D eigenvalue weighted by Crippen LogP contribution is -2.08. The Bertz CT molecular complexity index is 312. The quantitative estimate of drug-likeness (QED) is 0.724. The van der Waals surface area contributed by atoms with E-state index in [0.29, 0.717) is 11.3 Å².